The Morgan fingerprint density at radius 2 is 1.82 bits per heavy atom. The molecule has 166 valence electrons. The Balaban J connectivity index is 1.77. The number of rotatable bonds is 4. The van der Waals surface area contributed by atoms with Gasteiger partial charge >= 0.3 is 0 Å². The smallest absolute Gasteiger partial charge is 0.294 e. The van der Waals surface area contributed by atoms with Crippen LogP contribution in [0.1, 0.15) is 30.0 Å². The van der Waals surface area contributed by atoms with Gasteiger partial charge in [0, 0.05) is 17.0 Å². The van der Waals surface area contributed by atoms with Crippen LogP contribution in [0.15, 0.2) is 77.1 Å². The first-order valence-electron chi connectivity index (χ1n) is 10.5. The fourth-order valence-corrected chi connectivity index (χ4v) is 5.64. The lowest BCUT2D eigenvalue weighted by atomic mass is 9.87. The molecule has 0 bridgehead atoms. The lowest BCUT2D eigenvalue weighted by Crippen LogP contribution is -2.26. The van der Waals surface area contributed by atoms with Crippen molar-refractivity contribution in [3.05, 3.63) is 108 Å². The summed E-state index contributed by atoms with van der Waals surface area (Å²) in [6.07, 6.45) is 3.04. The predicted molar refractivity (Wildman–Crippen MR) is 134 cm³/mol. The molecule has 0 radical (unpaired) electrons. The number of nitrogens with zero attached hydrogens (tertiary/aromatic N) is 3. The van der Waals surface area contributed by atoms with E-state index in [1.54, 1.807) is 24.3 Å². The first kappa shape index (κ1) is 21.9. The van der Waals surface area contributed by atoms with Gasteiger partial charge in [0.15, 0.2) is 4.80 Å². The second kappa shape index (κ2) is 9.14. The van der Waals surface area contributed by atoms with E-state index < -0.39 is 4.92 Å². The molecule has 4 aromatic rings. The third-order valence-corrected chi connectivity index (χ3v) is 7.48. The van der Waals surface area contributed by atoms with E-state index in [1.807, 2.05) is 17.5 Å². The highest BCUT2D eigenvalue weighted by Crippen LogP contribution is 2.37. The summed E-state index contributed by atoms with van der Waals surface area (Å²) in [5, 5.41) is 14.6. The van der Waals surface area contributed by atoms with Crippen molar-refractivity contribution in [1.82, 2.24) is 4.57 Å². The maximum atomic E-state index is 11.6. The van der Waals surface area contributed by atoms with Gasteiger partial charge in [-0.2, -0.15) is 0 Å². The van der Waals surface area contributed by atoms with Gasteiger partial charge in [0.25, 0.3) is 5.69 Å². The lowest BCUT2D eigenvalue weighted by molar-refractivity contribution is -0.384. The van der Waals surface area contributed by atoms with Crippen molar-refractivity contribution in [2.24, 2.45) is 4.99 Å². The Labute approximate surface area is 204 Å². The molecule has 0 N–H and O–H groups in total. The van der Waals surface area contributed by atoms with Crippen molar-refractivity contribution < 1.29 is 4.92 Å². The van der Waals surface area contributed by atoms with E-state index in [4.69, 9.17) is 28.2 Å². The zero-order chi connectivity index (χ0) is 22.9. The van der Waals surface area contributed by atoms with Crippen molar-refractivity contribution in [2.75, 3.05) is 0 Å². The van der Waals surface area contributed by atoms with Gasteiger partial charge in [-0.15, -0.1) is 11.3 Å². The third-order valence-electron chi connectivity index (χ3n) is 5.90. The molecule has 0 aliphatic heterocycles. The van der Waals surface area contributed by atoms with Gasteiger partial charge in [-0.3, -0.25) is 10.1 Å². The maximum Gasteiger partial charge on any atom is 0.294 e. The second-order valence-electron chi connectivity index (χ2n) is 7.87. The number of para-hydroxylation sites is 2. The number of aromatic nitrogens is 1. The van der Waals surface area contributed by atoms with E-state index in [0.29, 0.717) is 20.5 Å². The van der Waals surface area contributed by atoms with E-state index in [2.05, 4.69) is 28.8 Å². The van der Waals surface area contributed by atoms with E-state index in [-0.39, 0.29) is 11.7 Å². The summed E-state index contributed by atoms with van der Waals surface area (Å²) in [5.74, 6) is 0. The number of fused-ring (bicyclic) bond motifs is 1. The zero-order valence-corrected chi connectivity index (χ0v) is 19.8. The molecular weight excluding hydrogens is 477 g/mol. The molecule has 8 heteroatoms. The zero-order valence-electron chi connectivity index (χ0n) is 17.4. The highest BCUT2D eigenvalue weighted by Gasteiger charge is 2.25. The fraction of sp³-hybridized carbons (Fsp3) is 0.160. The first-order valence-corrected chi connectivity index (χ1v) is 12.2. The molecule has 0 fully saturated rings. The van der Waals surface area contributed by atoms with E-state index in [1.165, 1.54) is 28.5 Å². The van der Waals surface area contributed by atoms with E-state index >= 15 is 0 Å². The summed E-state index contributed by atoms with van der Waals surface area (Å²) in [4.78, 5) is 16.7. The molecule has 1 heterocycles. The normalized spacial score (nSPS) is 15.9. The van der Waals surface area contributed by atoms with Crippen LogP contribution in [0.5, 0.6) is 0 Å². The first-order chi connectivity index (χ1) is 16.0. The number of thiazole rings is 1. The summed E-state index contributed by atoms with van der Waals surface area (Å²) in [6.45, 7) is 0. The minimum Gasteiger partial charge on any atom is -0.309 e. The number of hydrogen-bond acceptors (Lipinski definition) is 4. The van der Waals surface area contributed by atoms with Gasteiger partial charge in [-0.25, -0.2) is 4.99 Å². The van der Waals surface area contributed by atoms with Crippen LogP contribution in [0.2, 0.25) is 10.0 Å². The molecule has 0 saturated carbocycles. The molecule has 5 rings (SSSR count). The van der Waals surface area contributed by atoms with Gasteiger partial charge in [0.2, 0.25) is 0 Å². The topological polar surface area (TPSA) is 60.4 Å². The number of nitro groups is 1. The van der Waals surface area contributed by atoms with Gasteiger partial charge in [-0.1, -0.05) is 65.7 Å². The number of nitro benzene ring substituents is 1. The van der Waals surface area contributed by atoms with Crippen LogP contribution in [-0.4, -0.2) is 9.49 Å². The standard InChI is InChI=1S/C25H19Cl2N3O2S/c26-19-13-12-17(14-20(19)27)24-15-33-25(28-21-9-3-4-10-23(21)30(31)32)29(24)22-11-5-7-16-6-1-2-8-18(16)22/h1-4,6,8-10,12-15,22H,5,7,11H2. The van der Waals surface area contributed by atoms with Crippen LogP contribution in [-0.2, 0) is 6.42 Å². The van der Waals surface area contributed by atoms with Crippen LogP contribution in [0.4, 0.5) is 11.4 Å². The summed E-state index contributed by atoms with van der Waals surface area (Å²) in [5.41, 5.74) is 4.78. The molecule has 33 heavy (non-hydrogen) atoms. The molecule has 5 nitrogen and oxygen atoms in total. The van der Waals surface area contributed by atoms with Crippen LogP contribution < -0.4 is 4.80 Å². The highest BCUT2D eigenvalue weighted by atomic mass is 35.5. The number of aryl methyl sites for hydroxylation is 1. The maximum absolute atomic E-state index is 11.6. The van der Waals surface area contributed by atoms with Gasteiger partial charge in [0.1, 0.15) is 5.69 Å². The van der Waals surface area contributed by atoms with Crippen molar-refractivity contribution in [3.8, 4) is 11.3 Å². The molecule has 1 aliphatic rings. The number of hydrogen-bond donors (Lipinski definition) is 0. The van der Waals surface area contributed by atoms with Gasteiger partial charge in [0.05, 0.1) is 26.7 Å². The average Bonchev–Trinajstić information content (AvgIpc) is 3.24. The Kier molecular flexibility index (Phi) is 6.06. The molecule has 1 aliphatic carbocycles. The van der Waals surface area contributed by atoms with Crippen LogP contribution in [0.3, 0.4) is 0 Å². The second-order valence-corrected chi connectivity index (χ2v) is 9.52. The Morgan fingerprint density at radius 3 is 2.64 bits per heavy atom. The minimum absolute atomic E-state index is 0.0161. The quantitative estimate of drug-likeness (QED) is 0.216. The summed E-state index contributed by atoms with van der Waals surface area (Å²) >= 11 is 14.0. The summed E-state index contributed by atoms with van der Waals surface area (Å²) in [7, 11) is 0. The van der Waals surface area contributed by atoms with E-state index in [0.717, 1.165) is 30.5 Å². The predicted octanol–water partition coefficient (Wildman–Crippen LogP) is 7.59. The van der Waals surface area contributed by atoms with Gasteiger partial charge < -0.3 is 4.57 Å². The Bertz CT molecular complexity index is 1430. The average molecular weight is 496 g/mol. The van der Waals surface area contributed by atoms with Crippen LogP contribution in [0, 0.1) is 10.1 Å². The van der Waals surface area contributed by atoms with Crippen molar-refractivity contribution in [3.63, 3.8) is 0 Å². The molecule has 1 aromatic heterocycles. The molecule has 0 amide bonds. The van der Waals surface area contributed by atoms with E-state index in [9.17, 15) is 10.1 Å². The molecule has 1 atom stereocenters. The van der Waals surface area contributed by atoms with Crippen LogP contribution in [0.25, 0.3) is 11.3 Å². The monoisotopic (exact) mass is 495 g/mol. The summed E-state index contributed by atoms with van der Waals surface area (Å²) < 4.78 is 2.19. The molecule has 3 aromatic carbocycles. The molecule has 0 saturated heterocycles. The van der Waals surface area contributed by atoms with Crippen molar-refractivity contribution >= 4 is 45.9 Å². The lowest BCUT2D eigenvalue weighted by Gasteiger charge is -2.28. The fourth-order valence-electron chi connectivity index (χ4n) is 4.38. The molecule has 0 spiro atoms. The Morgan fingerprint density at radius 1 is 1.03 bits per heavy atom. The van der Waals surface area contributed by atoms with Crippen LogP contribution >= 0.6 is 34.5 Å². The Hall–Kier alpha value is -2.93. The highest BCUT2D eigenvalue weighted by molar-refractivity contribution is 7.07. The SMILES string of the molecule is O=[N+]([O-])c1ccccc1N=c1scc(-c2ccc(Cl)c(Cl)c2)n1C1CCCc2ccccc21. The molecular formula is C25H19Cl2N3O2S. The van der Waals surface area contributed by atoms with Gasteiger partial charge in [-0.05, 0) is 48.6 Å². The largest absolute Gasteiger partial charge is 0.309 e. The third kappa shape index (κ3) is 4.22. The van der Waals surface area contributed by atoms with Crippen molar-refractivity contribution in [2.45, 2.75) is 25.3 Å². The number of benzene rings is 3. The molecule has 1 unspecified atom stereocenters. The van der Waals surface area contributed by atoms with Crippen molar-refractivity contribution in [1.29, 1.82) is 0 Å². The minimum atomic E-state index is -0.396. The number of halogens is 2. The summed E-state index contributed by atoms with van der Waals surface area (Å²) in [6, 6.07) is 20.7.